The molecule has 0 spiro atoms. The van der Waals surface area contributed by atoms with Crippen molar-refractivity contribution in [1.82, 2.24) is 9.97 Å². The van der Waals surface area contributed by atoms with Crippen molar-refractivity contribution < 1.29 is 37.0 Å². The highest BCUT2D eigenvalue weighted by Gasteiger charge is 2.33. The number of aromatic carboxylic acids is 1. The second-order valence-corrected chi connectivity index (χ2v) is 7.97. The number of ether oxygens (including phenoxy) is 2. The van der Waals surface area contributed by atoms with Crippen LogP contribution < -0.4 is 10.5 Å². The van der Waals surface area contributed by atoms with Gasteiger partial charge >= 0.3 is 12.1 Å². The molecule has 0 amide bonds. The third kappa shape index (κ3) is 4.83. The molecule has 2 aromatic heterocycles. The van der Waals surface area contributed by atoms with Crippen LogP contribution in [-0.2, 0) is 10.9 Å². The minimum Gasteiger partial charge on any atom is -0.494 e. The Labute approximate surface area is 181 Å². The van der Waals surface area contributed by atoms with Gasteiger partial charge in [0, 0.05) is 10.9 Å². The lowest BCUT2D eigenvalue weighted by atomic mass is 10.1. The van der Waals surface area contributed by atoms with E-state index in [4.69, 9.17) is 19.6 Å². The van der Waals surface area contributed by atoms with Crippen LogP contribution in [0.2, 0.25) is 0 Å². The quantitative estimate of drug-likeness (QED) is 0.562. The predicted molar refractivity (Wildman–Crippen MR) is 108 cm³/mol. The zero-order valence-corrected chi connectivity index (χ0v) is 17.8. The van der Waals surface area contributed by atoms with Gasteiger partial charge in [-0.05, 0) is 45.0 Å². The summed E-state index contributed by atoms with van der Waals surface area (Å²) in [6.45, 7) is 5.41. The van der Waals surface area contributed by atoms with Crippen molar-refractivity contribution in [3.8, 4) is 17.2 Å². The lowest BCUT2D eigenvalue weighted by Gasteiger charge is -2.21. The topological polar surface area (TPSA) is 121 Å². The number of carboxylic acids is 1. The molecule has 1 aromatic carbocycles. The zero-order chi connectivity index (χ0) is 23.8. The van der Waals surface area contributed by atoms with Gasteiger partial charge in [-0.25, -0.2) is 14.8 Å². The first kappa shape index (κ1) is 23.5. The van der Waals surface area contributed by atoms with Crippen LogP contribution in [0, 0.1) is 0 Å². The van der Waals surface area contributed by atoms with Crippen molar-refractivity contribution in [3.05, 3.63) is 41.4 Å². The zero-order valence-electron chi connectivity index (χ0n) is 17.8. The van der Waals surface area contributed by atoms with Gasteiger partial charge in [0.15, 0.2) is 11.5 Å². The van der Waals surface area contributed by atoms with Crippen molar-refractivity contribution in [2.45, 2.75) is 38.6 Å². The van der Waals surface area contributed by atoms with Gasteiger partial charge in [-0.15, -0.1) is 0 Å². The number of alkyl halides is 3. The number of benzene rings is 1. The van der Waals surface area contributed by atoms with E-state index in [1.54, 1.807) is 0 Å². The number of nitrogens with two attached hydrogens (primary N) is 1. The fraction of sp³-hybridized carbons (Fsp3) is 0.381. The molecule has 172 valence electrons. The number of carboxylic acid groups (broad SMARTS) is 1. The van der Waals surface area contributed by atoms with E-state index in [0.717, 1.165) is 6.07 Å². The summed E-state index contributed by atoms with van der Waals surface area (Å²) < 4.78 is 55.8. The molecule has 3 N–H and O–H groups in total. The molecule has 0 fully saturated rings. The van der Waals surface area contributed by atoms with Gasteiger partial charge < -0.3 is 24.7 Å². The Bertz CT molecular complexity index is 1150. The van der Waals surface area contributed by atoms with E-state index in [1.165, 1.54) is 25.3 Å². The molecule has 11 heteroatoms. The van der Waals surface area contributed by atoms with Crippen LogP contribution in [0.5, 0.6) is 5.75 Å². The summed E-state index contributed by atoms with van der Waals surface area (Å²) >= 11 is 0. The maximum atomic E-state index is 13.1. The first-order valence-corrected chi connectivity index (χ1v) is 9.50. The molecule has 3 rings (SSSR count). The van der Waals surface area contributed by atoms with Crippen LogP contribution in [0.4, 0.5) is 13.2 Å². The first-order chi connectivity index (χ1) is 14.8. The Morgan fingerprint density at radius 2 is 1.88 bits per heavy atom. The molecule has 0 aliphatic carbocycles. The van der Waals surface area contributed by atoms with Crippen molar-refractivity contribution in [2.75, 3.05) is 13.7 Å². The highest BCUT2D eigenvalue weighted by molar-refractivity contribution is 5.97. The molecule has 8 nitrogen and oxygen atoms in total. The highest BCUT2D eigenvalue weighted by Crippen LogP contribution is 2.37. The largest absolute Gasteiger partial charge is 0.494 e. The lowest BCUT2D eigenvalue weighted by molar-refractivity contribution is -0.140. The fourth-order valence-corrected chi connectivity index (χ4v) is 2.97. The van der Waals surface area contributed by atoms with E-state index < -0.39 is 35.2 Å². The van der Waals surface area contributed by atoms with E-state index in [2.05, 4.69) is 9.97 Å². The number of methoxy groups -OCH3 is 1. The number of hydrogen-bond acceptors (Lipinski definition) is 7. The fourth-order valence-electron chi connectivity index (χ4n) is 2.97. The molecular weight excluding hydrogens is 431 g/mol. The summed E-state index contributed by atoms with van der Waals surface area (Å²) in [6.07, 6.45) is -4.65. The number of fused-ring (bicyclic) bond motifs is 1. The van der Waals surface area contributed by atoms with Crippen LogP contribution >= 0.6 is 0 Å². The van der Waals surface area contributed by atoms with Crippen molar-refractivity contribution in [1.29, 1.82) is 0 Å². The van der Waals surface area contributed by atoms with E-state index >= 15 is 0 Å². The summed E-state index contributed by atoms with van der Waals surface area (Å²) in [5.74, 6) is -1.50. The normalized spacial score (nSPS) is 13.4. The van der Waals surface area contributed by atoms with Gasteiger partial charge in [0.2, 0.25) is 5.89 Å². The number of rotatable bonds is 6. The molecule has 0 radical (unpaired) electrons. The number of hydrogen-bond donors (Lipinski definition) is 2. The van der Waals surface area contributed by atoms with Crippen molar-refractivity contribution >= 4 is 16.9 Å². The van der Waals surface area contributed by atoms with Gasteiger partial charge in [0.25, 0.3) is 0 Å². The first-order valence-electron chi connectivity index (χ1n) is 9.50. The van der Waals surface area contributed by atoms with Crippen molar-refractivity contribution in [2.24, 2.45) is 5.73 Å². The van der Waals surface area contributed by atoms with Crippen LogP contribution in [0.25, 0.3) is 22.4 Å². The van der Waals surface area contributed by atoms with E-state index in [-0.39, 0.29) is 40.5 Å². The number of halogens is 3. The Morgan fingerprint density at radius 3 is 2.44 bits per heavy atom. The van der Waals surface area contributed by atoms with Gasteiger partial charge in [-0.3, -0.25) is 0 Å². The van der Waals surface area contributed by atoms with Gasteiger partial charge in [0.05, 0.1) is 25.4 Å². The number of nitrogens with zero attached hydrogens (tertiary/aromatic N) is 2. The van der Waals surface area contributed by atoms with E-state index in [0.29, 0.717) is 0 Å². The smallest absolute Gasteiger partial charge is 0.433 e. The SMILES string of the molecule is COc1ccc(-c2nc(C(=O)O)c([C@@H](N)COC(C)(C)C)o2)c2ccc(C(F)(F)F)nc12. The van der Waals surface area contributed by atoms with Crippen LogP contribution in [0.15, 0.2) is 28.7 Å². The van der Waals surface area contributed by atoms with Gasteiger partial charge in [-0.2, -0.15) is 13.2 Å². The van der Waals surface area contributed by atoms with E-state index in [9.17, 15) is 23.1 Å². The molecule has 0 aliphatic rings. The average Bonchev–Trinajstić information content (AvgIpc) is 3.15. The highest BCUT2D eigenvalue weighted by atomic mass is 19.4. The molecule has 1 atom stereocenters. The number of carbonyl (C=O) groups is 1. The lowest BCUT2D eigenvalue weighted by Crippen LogP contribution is -2.27. The van der Waals surface area contributed by atoms with Crippen molar-refractivity contribution in [3.63, 3.8) is 0 Å². The monoisotopic (exact) mass is 453 g/mol. The second kappa shape index (κ2) is 8.40. The minimum absolute atomic E-state index is 0.0295. The molecular formula is C21H22F3N3O5. The van der Waals surface area contributed by atoms with Crippen LogP contribution in [0.1, 0.15) is 48.8 Å². The van der Waals surface area contributed by atoms with Crippen LogP contribution in [0.3, 0.4) is 0 Å². The average molecular weight is 453 g/mol. The van der Waals surface area contributed by atoms with Gasteiger partial charge in [-0.1, -0.05) is 0 Å². The standard InChI is InChI=1S/C21H22F3N3O5/c1-20(2,3)31-9-12(25)17-16(19(28)29)27-18(32-17)11-5-7-13(30-4)15-10(11)6-8-14(26-15)21(22,23)24/h5-8,12H,9,25H2,1-4H3,(H,28,29)/t12-/m0/s1. The third-order valence-corrected chi connectivity index (χ3v) is 4.45. The Hall–Kier alpha value is -3.18. The third-order valence-electron chi connectivity index (χ3n) is 4.45. The van der Waals surface area contributed by atoms with Crippen LogP contribution in [-0.4, -0.2) is 40.4 Å². The molecule has 0 unspecified atom stereocenters. The molecule has 2 heterocycles. The Balaban J connectivity index is 2.13. The summed E-state index contributed by atoms with van der Waals surface area (Å²) in [5, 5.41) is 9.79. The summed E-state index contributed by atoms with van der Waals surface area (Å²) in [7, 11) is 1.30. The molecule has 32 heavy (non-hydrogen) atoms. The summed E-state index contributed by atoms with van der Waals surface area (Å²) in [4.78, 5) is 19.4. The molecule has 0 aliphatic heterocycles. The summed E-state index contributed by atoms with van der Waals surface area (Å²) in [6, 6.07) is 3.99. The number of aromatic nitrogens is 2. The second-order valence-electron chi connectivity index (χ2n) is 7.97. The number of oxazole rings is 1. The Kier molecular flexibility index (Phi) is 6.16. The van der Waals surface area contributed by atoms with Gasteiger partial charge in [0.1, 0.15) is 17.0 Å². The molecule has 0 bridgehead atoms. The molecule has 0 saturated carbocycles. The molecule has 0 saturated heterocycles. The number of pyridine rings is 1. The van der Waals surface area contributed by atoms with E-state index in [1.807, 2.05) is 20.8 Å². The Morgan fingerprint density at radius 1 is 1.19 bits per heavy atom. The minimum atomic E-state index is -4.65. The maximum absolute atomic E-state index is 13.1. The maximum Gasteiger partial charge on any atom is 0.433 e. The summed E-state index contributed by atoms with van der Waals surface area (Å²) in [5.41, 5.74) is 4.22. The molecule has 3 aromatic rings. The predicted octanol–water partition coefficient (Wildman–Crippen LogP) is 4.43.